The number of amides is 1. The molecule has 0 saturated carbocycles. The van der Waals surface area contributed by atoms with Gasteiger partial charge in [-0.25, -0.2) is 0 Å². The van der Waals surface area contributed by atoms with Crippen molar-refractivity contribution in [1.82, 2.24) is 14.9 Å². The smallest absolute Gasteiger partial charge is 0.223 e. The molecule has 16 heavy (non-hydrogen) atoms. The van der Waals surface area contributed by atoms with Crippen LogP contribution in [0.1, 0.15) is 12.1 Å². The van der Waals surface area contributed by atoms with Gasteiger partial charge >= 0.3 is 0 Å². The molecule has 0 aromatic carbocycles. The molecule has 0 radical (unpaired) electrons. The Morgan fingerprint density at radius 3 is 3.06 bits per heavy atom. The van der Waals surface area contributed by atoms with Crippen molar-refractivity contribution in [3.8, 4) is 12.3 Å². The Morgan fingerprint density at radius 2 is 2.44 bits per heavy atom. The van der Waals surface area contributed by atoms with Gasteiger partial charge in [-0.15, -0.1) is 12.3 Å². The van der Waals surface area contributed by atoms with Gasteiger partial charge in [-0.05, 0) is 0 Å². The number of likely N-dealkylation sites (tertiary alicyclic amines) is 1. The number of hydrogen-bond acceptors (Lipinski definition) is 3. The summed E-state index contributed by atoms with van der Waals surface area (Å²) in [5.41, 5.74) is 0.902. The molecule has 0 spiro atoms. The number of aromatic nitrogens is 2. The maximum atomic E-state index is 11.6. The summed E-state index contributed by atoms with van der Waals surface area (Å²) in [7, 11) is 0. The normalized spacial score (nSPS) is 19.8. The number of hydrogen-bond donors (Lipinski definition) is 0. The molecule has 2 rings (SSSR count). The molecular formula is C12H13N3O. The second-order valence-corrected chi connectivity index (χ2v) is 3.85. The highest BCUT2D eigenvalue weighted by Crippen LogP contribution is 2.16. The molecule has 1 fully saturated rings. The van der Waals surface area contributed by atoms with E-state index >= 15 is 0 Å². The molecule has 1 amide bonds. The van der Waals surface area contributed by atoms with E-state index in [1.165, 1.54) is 0 Å². The Bertz CT molecular complexity index is 410. The minimum Gasteiger partial charge on any atom is -0.341 e. The Hall–Kier alpha value is -1.89. The van der Waals surface area contributed by atoms with E-state index in [0.29, 0.717) is 19.5 Å². The van der Waals surface area contributed by atoms with E-state index in [1.807, 2.05) is 0 Å². The standard InChI is InChI=1S/C12H13N3O/c1-2-10-7-12(16)15(9-10)6-3-11-8-13-4-5-14-11/h1,4-5,8,10H,3,6-7,9H2. The zero-order chi connectivity index (χ0) is 11.4. The van der Waals surface area contributed by atoms with Crippen molar-refractivity contribution in [2.45, 2.75) is 12.8 Å². The quantitative estimate of drug-likeness (QED) is 0.690. The zero-order valence-electron chi connectivity index (χ0n) is 8.97. The van der Waals surface area contributed by atoms with E-state index in [2.05, 4.69) is 15.9 Å². The van der Waals surface area contributed by atoms with Crippen molar-refractivity contribution < 1.29 is 4.79 Å². The lowest BCUT2D eigenvalue weighted by molar-refractivity contribution is -0.127. The van der Waals surface area contributed by atoms with Crippen LogP contribution < -0.4 is 0 Å². The summed E-state index contributed by atoms with van der Waals surface area (Å²) in [6, 6.07) is 0. The Morgan fingerprint density at radius 1 is 1.56 bits per heavy atom. The van der Waals surface area contributed by atoms with Crippen LogP contribution in [0.4, 0.5) is 0 Å². The monoisotopic (exact) mass is 215 g/mol. The highest BCUT2D eigenvalue weighted by atomic mass is 16.2. The number of carbonyl (C=O) groups is 1. The number of nitrogens with zero attached hydrogens (tertiary/aromatic N) is 3. The van der Waals surface area contributed by atoms with Crippen molar-refractivity contribution in [3.63, 3.8) is 0 Å². The van der Waals surface area contributed by atoms with E-state index < -0.39 is 0 Å². The fraction of sp³-hybridized carbons (Fsp3) is 0.417. The maximum absolute atomic E-state index is 11.6. The average Bonchev–Trinajstić information content (AvgIpc) is 2.69. The molecular weight excluding hydrogens is 202 g/mol. The van der Waals surface area contributed by atoms with Crippen LogP contribution in [0.5, 0.6) is 0 Å². The number of rotatable bonds is 3. The summed E-state index contributed by atoms with van der Waals surface area (Å²) in [6.45, 7) is 1.35. The molecule has 0 bridgehead atoms. The summed E-state index contributed by atoms with van der Waals surface area (Å²) in [6.07, 6.45) is 11.5. The van der Waals surface area contributed by atoms with E-state index in [0.717, 1.165) is 12.1 Å². The molecule has 82 valence electrons. The van der Waals surface area contributed by atoms with Gasteiger partial charge in [0.25, 0.3) is 0 Å². The summed E-state index contributed by atoms with van der Waals surface area (Å²) >= 11 is 0. The topological polar surface area (TPSA) is 46.1 Å². The van der Waals surface area contributed by atoms with Gasteiger partial charge in [0, 0.05) is 50.4 Å². The van der Waals surface area contributed by atoms with Crippen LogP contribution in [0, 0.1) is 18.3 Å². The van der Waals surface area contributed by atoms with Crippen molar-refractivity contribution in [1.29, 1.82) is 0 Å². The first-order chi connectivity index (χ1) is 7.79. The third-order valence-electron chi connectivity index (χ3n) is 2.70. The minimum absolute atomic E-state index is 0.0781. The van der Waals surface area contributed by atoms with Crippen molar-refractivity contribution in [2.75, 3.05) is 13.1 Å². The van der Waals surface area contributed by atoms with Crippen LogP contribution in [0.2, 0.25) is 0 Å². The minimum atomic E-state index is 0.0781. The summed E-state index contributed by atoms with van der Waals surface area (Å²) in [5.74, 6) is 2.86. The average molecular weight is 215 g/mol. The molecule has 1 saturated heterocycles. The highest BCUT2D eigenvalue weighted by Gasteiger charge is 2.27. The molecule has 0 N–H and O–H groups in total. The van der Waals surface area contributed by atoms with Crippen LogP contribution >= 0.6 is 0 Å². The molecule has 0 aliphatic carbocycles. The molecule has 2 heterocycles. The lowest BCUT2D eigenvalue weighted by Gasteiger charge is -2.14. The van der Waals surface area contributed by atoms with Crippen molar-refractivity contribution in [3.05, 3.63) is 24.3 Å². The summed E-state index contributed by atoms with van der Waals surface area (Å²) in [4.78, 5) is 21.5. The number of carbonyl (C=O) groups excluding carboxylic acids is 1. The lowest BCUT2D eigenvalue weighted by atomic mass is 10.1. The fourth-order valence-electron chi connectivity index (χ4n) is 1.81. The number of terminal acetylenes is 1. The molecule has 4 nitrogen and oxygen atoms in total. The molecule has 1 aliphatic rings. The first-order valence-electron chi connectivity index (χ1n) is 5.28. The van der Waals surface area contributed by atoms with Gasteiger partial charge in [0.05, 0.1) is 5.69 Å². The van der Waals surface area contributed by atoms with E-state index in [-0.39, 0.29) is 11.8 Å². The second kappa shape index (κ2) is 4.75. The van der Waals surface area contributed by atoms with Gasteiger partial charge < -0.3 is 4.90 Å². The fourth-order valence-corrected chi connectivity index (χ4v) is 1.81. The van der Waals surface area contributed by atoms with Crippen LogP contribution in [0.15, 0.2) is 18.6 Å². The molecule has 1 atom stereocenters. The Balaban J connectivity index is 1.88. The third kappa shape index (κ3) is 2.37. The van der Waals surface area contributed by atoms with Crippen molar-refractivity contribution in [2.24, 2.45) is 5.92 Å². The van der Waals surface area contributed by atoms with E-state index in [4.69, 9.17) is 6.42 Å². The van der Waals surface area contributed by atoms with Gasteiger partial charge in [-0.1, -0.05) is 0 Å². The molecule has 1 aromatic rings. The van der Waals surface area contributed by atoms with Gasteiger partial charge in [0.2, 0.25) is 5.91 Å². The van der Waals surface area contributed by atoms with Gasteiger partial charge in [-0.3, -0.25) is 14.8 Å². The van der Waals surface area contributed by atoms with E-state index in [1.54, 1.807) is 23.5 Å². The maximum Gasteiger partial charge on any atom is 0.223 e. The van der Waals surface area contributed by atoms with Crippen LogP contribution in [-0.2, 0) is 11.2 Å². The summed E-state index contributed by atoms with van der Waals surface area (Å²) in [5, 5.41) is 0. The zero-order valence-corrected chi connectivity index (χ0v) is 8.97. The molecule has 1 unspecified atom stereocenters. The highest BCUT2D eigenvalue weighted by molar-refractivity contribution is 5.79. The van der Waals surface area contributed by atoms with Gasteiger partial charge in [0.15, 0.2) is 0 Å². The molecule has 4 heteroatoms. The predicted octanol–water partition coefficient (Wildman–Crippen LogP) is 0.501. The Labute approximate surface area is 94.7 Å². The predicted molar refractivity (Wildman–Crippen MR) is 59.3 cm³/mol. The molecule has 1 aromatic heterocycles. The Kier molecular flexibility index (Phi) is 3.16. The second-order valence-electron chi connectivity index (χ2n) is 3.85. The lowest BCUT2D eigenvalue weighted by Crippen LogP contribution is -2.27. The van der Waals surface area contributed by atoms with Crippen LogP contribution in [-0.4, -0.2) is 33.9 Å². The first-order valence-corrected chi connectivity index (χ1v) is 5.28. The third-order valence-corrected chi connectivity index (χ3v) is 2.70. The largest absolute Gasteiger partial charge is 0.341 e. The van der Waals surface area contributed by atoms with Crippen LogP contribution in [0.25, 0.3) is 0 Å². The van der Waals surface area contributed by atoms with Gasteiger partial charge in [-0.2, -0.15) is 0 Å². The van der Waals surface area contributed by atoms with Gasteiger partial charge in [0.1, 0.15) is 0 Å². The van der Waals surface area contributed by atoms with Crippen LogP contribution in [0.3, 0.4) is 0 Å². The van der Waals surface area contributed by atoms with Crippen molar-refractivity contribution >= 4 is 5.91 Å². The molecule has 1 aliphatic heterocycles. The first kappa shape index (κ1) is 10.6. The summed E-state index contributed by atoms with van der Waals surface area (Å²) < 4.78 is 0. The SMILES string of the molecule is C#CC1CC(=O)N(CCc2cnccn2)C1. The van der Waals surface area contributed by atoms with E-state index in [9.17, 15) is 4.79 Å².